The fourth-order valence-corrected chi connectivity index (χ4v) is 5.43. The maximum atomic E-state index is 13.2. The molecule has 0 saturated carbocycles. The van der Waals surface area contributed by atoms with Gasteiger partial charge in [0.2, 0.25) is 0 Å². The maximum Gasteiger partial charge on any atom is 0.318 e. The van der Waals surface area contributed by atoms with E-state index in [4.69, 9.17) is 4.74 Å². The van der Waals surface area contributed by atoms with Crippen molar-refractivity contribution in [2.45, 2.75) is 64.1 Å². The highest BCUT2D eigenvalue weighted by Gasteiger charge is 2.49. The number of hydrogen-bond donors (Lipinski definition) is 4. The quantitative estimate of drug-likeness (QED) is 0.549. The molecule has 2 aromatic rings. The number of piperidine rings is 1. The third-order valence-corrected chi connectivity index (χ3v) is 7.01. The lowest BCUT2D eigenvalue weighted by Gasteiger charge is -2.50. The third kappa shape index (κ3) is 4.29. The number of nitrogens with one attached hydrogen (secondary N) is 3. The summed E-state index contributed by atoms with van der Waals surface area (Å²) < 4.78 is 5.42. The number of amides is 4. The molecule has 0 aliphatic carbocycles. The highest BCUT2D eigenvalue weighted by Crippen LogP contribution is 2.49. The molecule has 1 aromatic carbocycles. The molecular weight excluding hydrogens is 434 g/mol. The summed E-state index contributed by atoms with van der Waals surface area (Å²) in [6, 6.07) is 5.32. The molecule has 4 amide bonds. The van der Waals surface area contributed by atoms with Crippen LogP contribution in [0.5, 0.6) is 5.75 Å². The molecule has 1 aromatic heterocycles. The minimum atomic E-state index is -0.472. The van der Waals surface area contributed by atoms with E-state index in [0.717, 1.165) is 40.8 Å². The van der Waals surface area contributed by atoms with Crippen molar-refractivity contribution in [1.29, 1.82) is 0 Å². The van der Waals surface area contributed by atoms with Crippen molar-refractivity contribution in [3.63, 3.8) is 0 Å². The van der Waals surface area contributed by atoms with E-state index in [9.17, 15) is 14.7 Å². The molecule has 1 fully saturated rings. The number of fused-ring (bicyclic) bond motifs is 4. The average molecular weight is 472 g/mol. The van der Waals surface area contributed by atoms with E-state index in [0.29, 0.717) is 19.6 Å². The first-order chi connectivity index (χ1) is 16.2. The number of aromatic nitrogens is 1. The van der Waals surface area contributed by atoms with Gasteiger partial charge in [-0.05, 0) is 58.2 Å². The molecule has 0 radical (unpaired) electrons. The summed E-state index contributed by atoms with van der Waals surface area (Å²) in [4.78, 5) is 33.0. The Kier molecular flexibility index (Phi) is 6.66. The SMILES string of the molecule is COc1ccc2c3c([nH]c2c1)[C@@H](CO)N(C(=O)NC(C)C)CC31CCN(C(=O)NC(C)C)CC1. The summed E-state index contributed by atoms with van der Waals surface area (Å²) in [6.45, 7) is 9.28. The largest absolute Gasteiger partial charge is 0.497 e. The van der Waals surface area contributed by atoms with Gasteiger partial charge in [0.25, 0.3) is 0 Å². The van der Waals surface area contributed by atoms with Crippen LogP contribution >= 0.6 is 0 Å². The Hall–Kier alpha value is -2.94. The normalized spacial score (nSPS) is 19.6. The number of carbonyl (C=O) groups excluding carboxylic acids is 2. The van der Waals surface area contributed by atoms with Crippen molar-refractivity contribution in [3.8, 4) is 5.75 Å². The van der Waals surface area contributed by atoms with E-state index >= 15 is 0 Å². The highest BCUT2D eigenvalue weighted by atomic mass is 16.5. The predicted octanol–water partition coefficient (Wildman–Crippen LogP) is 3.10. The second kappa shape index (κ2) is 9.37. The first-order valence-electron chi connectivity index (χ1n) is 12.1. The fraction of sp³-hybridized carbons (Fsp3) is 0.600. The van der Waals surface area contributed by atoms with Crippen LogP contribution in [0.25, 0.3) is 10.9 Å². The van der Waals surface area contributed by atoms with Crippen LogP contribution in [0.15, 0.2) is 18.2 Å². The molecule has 1 atom stereocenters. The third-order valence-electron chi connectivity index (χ3n) is 7.01. The summed E-state index contributed by atoms with van der Waals surface area (Å²) in [5.41, 5.74) is 2.63. The molecule has 0 bridgehead atoms. The van der Waals surface area contributed by atoms with Crippen LogP contribution in [0, 0.1) is 0 Å². The van der Waals surface area contributed by atoms with E-state index in [1.165, 1.54) is 0 Å². The number of aromatic amines is 1. The molecule has 1 saturated heterocycles. The van der Waals surface area contributed by atoms with E-state index in [1.54, 1.807) is 12.0 Å². The first kappa shape index (κ1) is 24.2. The van der Waals surface area contributed by atoms with Crippen molar-refractivity contribution in [3.05, 3.63) is 29.5 Å². The molecule has 9 nitrogen and oxygen atoms in total. The van der Waals surface area contributed by atoms with Crippen molar-refractivity contribution in [2.24, 2.45) is 0 Å². The minimum absolute atomic E-state index is 0.0160. The Morgan fingerprint density at radius 1 is 1.15 bits per heavy atom. The number of aliphatic hydroxyl groups is 1. The lowest BCUT2D eigenvalue weighted by Crippen LogP contribution is -2.58. The summed E-state index contributed by atoms with van der Waals surface area (Å²) in [5.74, 6) is 0.746. The lowest BCUT2D eigenvalue weighted by atomic mass is 9.68. The van der Waals surface area contributed by atoms with Crippen LogP contribution in [-0.4, -0.2) is 77.4 Å². The number of aliphatic hydroxyl groups excluding tert-OH is 1. The summed E-state index contributed by atoms with van der Waals surface area (Å²) in [7, 11) is 1.64. The molecule has 2 aliphatic heterocycles. The monoisotopic (exact) mass is 471 g/mol. The van der Waals surface area contributed by atoms with E-state index in [-0.39, 0.29) is 36.2 Å². The van der Waals surface area contributed by atoms with Gasteiger partial charge >= 0.3 is 12.1 Å². The maximum absolute atomic E-state index is 13.2. The van der Waals surface area contributed by atoms with Crippen LogP contribution in [0.3, 0.4) is 0 Å². The number of likely N-dealkylation sites (tertiary alicyclic amines) is 1. The van der Waals surface area contributed by atoms with E-state index < -0.39 is 6.04 Å². The summed E-state index contributed by atoms with van der Waals surface area (Å²) in [6.07, 6.45) is 1.46. The molecular formula is C25H37N5O4. The molecule has 4 rings (SSSR count). The Bertz CT molecular complexity index is 1050. The van der Waals surface area contributed by atoms with Gasteiger partial charge in [-0.3, -0.25) is 0 Å². The number of methoxy groups -OCH3 is 1. The van der Waals surface area contributed by atoms with Gasteiger partial charge in [-0.15, -0.1) is 0 Å². The number of rotatable bonds is 4. The van der Waals surface area contributed by atoms with Gasteiger partial charge in [-0.1, -0.05) is 0 Å². The molecule has 3 heterocycles. The van der Waals surface area contributed by atoms with Gasteiger partial charge in [-0.25, -0.2) is 9.59 Å². The Balaban J connectivity index is 1.77. The molecule has 2 aliphatic rings. The fourth-order valence-electron chi connectivity index (χ4n) is 5.43. The minimum Gasteiger partial charge on any atom is -0.497 e. The summed E-state index contributed by atoms with van der Waals surface area (Å²) in [5, 5.41) is 17.4. The Labute approximate surface area is 200 Å². The van der Waals surface area contributed by atoms with Gasteiger partial charge < -0.3 is 35.3 Å². The van der Waals surface area contributed by atoms with E-state index in [2.05, 4.69) is 21.7 Å². The second-order valence-electron chi connectivity index (χ2n) is 10.1. The van der Waals surface area contributed by atoms with Crippen molar-refractivity contribution < 1.29 is 19.4 Å². The molecule has 1 spiro atoms. The van der Waals surface area contributed by atoms with Crippen LogP contribution in [0.2, 0.25) is 0 Å². The van der Waals surface area contributed by atoms with Crippen LogP contribution in [-0.2, 0) is 5.41 Å². The first-order valence-corrected chi connectivity index (χ1v) is 12.1. The molecule has 9 heteroatoms. The topological polar surface area (TPSA) is 110 Å². The summed E-state index contributed by atoms with van der Waals surface area (Å²) >= 11 is 0. The Morgan fingerprint density at radius 3 is 2.38 bits per heavy atom. The lowest BCUT2D eigenvalue weighted by molar-refractivity contribution is 0.0726. The van der Waals surface area contributed by atoms with Crippen molar-refractivity contribution >= 4 is 23.0 Å². The van der Waals surface area contributed by atoms with Crippen molar-refractivity contribution in [2.75, 3.05) is 33.4 Å². The number of urea groups is 2. The molecule has 186 valence electrons. The molecule has 34 heavy (non-hydrogen) atoms. The van der Waals surface area contributed by atoms with Crippen molar-refractivity contribution in [1.82, 2.24) is 25.4 Å². The number of carbonyl (C=O) groups is 2. The Morgan fingerprint density at radius 2 is 1.79 bits per heavy atom. The standard InChI is InChI=1S/C25H37N5O4/c1-15(2)26-23(32)29-10-8-25(9-11-29)14-30(24(33)27-16(3)4)20(13-31)22-21(25)18-7-6-17(34-5)12-19(18)28-22/h6-7,12,15-16,20,28,31H,8-11,13-14H2,1-5H3,(H,26,32)(H,27,33)/t20-/m1/s1. The average Bonchev–Trinajstić information content (AvgIpc) is 3.18. The zero-order chi connectivity index (χ0) is 24.6. The number of ether oxygens (including phenoxy) is 1. The van der Waals surface area contributed by atoms with Gasteiger partial charge in [0.05, 0.1) is 19.8 Å². The van der Waals surface area contributed by atoms with Gasteiger partial charge in [0.15, 0.2) is 0 Å². The van der Waals surface area contributed by atoms with E-state index in [1.807, 2.05) is 44.7 Å². The zero-order valence-corrected chi connectivity index (χ0v) is 20.8. The number of benzene rings is 1. The van der Waals surface area contributed by atoms with Crippen LogP contribution in [0.4, 0.5) is 9.59 Å². The number of hydrogen-bond acceptors (Lipinski definition) is 4. The van der Waals surface area contributed by atoms with Gasteiger partial charge in [0, 0.05) is 59.8 Å². The second-order valence-corrected chi connectivity index (χ2v) is 10.1. The smallest absolute Gasteiger partial charge is 0.318 e. The zero-order valence-electron chi connectivity index (χ0n) is 20.8. The van der Waals surface area contributed by atoms with Crippen LogP contribution < -0.4 is 15.4 Å². The number of H-pyrrole nitrogens is 1. The molecule has 4 N–H and O–H groups in total. The van der Waals surface area contributed by atoms with Gasteiger partial charge in [0.1, 0.15) is 5.75 Å². The molecule has 0 unspecified atom stereocenters. The highest BCUT2D eigenvalue weighted by molar-refractivity contribution is 5.89. The number of nitrogens with zero attached hydrogens (tertiary/aromatic N) is 2. The van der Waals surface area contributed by atoms with Crippen LogP contribution in [0.1, 0.15) is 57.8 Å². The van der Waals surface area contributed by atoms with Gasteiger partial charge in [-0.2, -0.15) is 0 Å². The predicted molar refractivity (Wildman–Crippen MR) is 131 cm³/mol.